The molecule has 1 fully saturated rings. The van der Waals surface area contributed by atoms with Crippen LogP contribution in [0.15, 0.2) is 53.0 Å². The summed E-state index contributed by atoms with van der Waals surface area (Å²) in [5.41, 5.74) is 2.10. The highest BCUT2D eigenvalue weighted by Crippen LogP contribution is 2.18. The fourth-order valence-corrected chi connectivity index (χ4v) is 3.47. The van der Waals surface area contributed by atoms with Crippen LogP contribution in [0.2, 0.25) is 0 Å². The van der Waals surface area contributed by atoms with Crippen molar-refractivity contribution in [3.8, 4) is 0 Å². The first-order valence-corrected chi connectivity index (χ1v) is 10.1. The van der Waals surface area contributed by atoms with E-state index in [-0.39, 0.29) is 24.4 Å². The number of benzene rings is 2. The lowest BCUT2D eigenvalue weighted by atomic mass is 9.95. The summed E-state index contributed by atoms with van der Waals surface area (Å²) in [5.74, 6) is -0.195. The van der Waals surface area contributed by atoms with Crippen molar-refractivity contribution in [2.75, 3.05) is 17.2 Å². The van der Waals surface area contributed by atoms with Gasteiger partial charge in [-0.3, -0.25) is 9.59 Å². The Morgan fingerprint density at radius 3 is 2.44 bits per heavy atom. The molecule has 2 amide bonds. The molecule has 142 valence electrons. The molecule has 0 unspecified atom stereocenters. The van der Waals surface area contributed by atoms with Crippen LogP contribution in [-0.2, 0) is 4.79 Å². The molecule has 3 rings (SSSR count). The number of anilines is 2. The molecule has 1 saturated carbocycles. The van der Waals surface area contributed by atoms with Crippen LogP contribution in [0, 0.1) is 0 Å². The number of amides is 2. The molecule has 2 aromatic rings. The molecular weight excluding hydrogens is 406 g/mol. The zero-order chi connectivity index (χ0) is 19.1. The first kappa shape index (κ1) is 19.4. The Balaban J connectivity index is 1.51. The van der Waals surface area contributed by atoms with Gasteiger partial charge in [0.2, 0.25) is 5.91 Å². The lowest BCUT2D eigenvalue weighted by Gasteiger charge is -2.22. The van der Waals surface area contributed by atoms with E-state index >= 15 is 0 Å². The van der Waals surface area contributed by atoms with Crippen molar-refractivity contribution >= 4 is 39.1 Å². The Bertz CT molecular complexity index is 786. The van der Waals surface area contributed by atoms with E-state index in [9.17, 15) is 9.59 Å². The number of nitrogens with one attached hydrogen (secondary N) is 3. The topological polar surface area (TPSA) is 70.2 Å². The number of halogens is 1. The van der Waals surface area contributed by atoms with Crippen LogP contribution >= 0.6 is 15.9 Å². The Hall–Kier alpha value is -2.34. The van der Waals surface area contributed by atoms with Crippen LogP contribution in [0.3, 0.4) is 0 Å². The van der Waals surface area contributed by atoms with Gasteiger partial charge in [-0.05, 0) is 55.3 Å². The van der Waals surface area contributed by atoms with Gasteiger partial charge in [0.05, 0.1) is 6.54 Å². The maximum absolute atomic E-state index is 12.4. The Kier molecular flexibility index (Phi) is 6.87. The first-order chi connectivity index (χ1) is 13.1. The highest BCUT2D eigenvalue weighted by Gasteiger charge is 2.16. The lowest BCUT2D eigenvalue weighted by Crippen LogP contribution is -2.36. The third kappa shape index (κ3) is 6.10. The fourth-order valence-electron chi connectivity index (χ4n) is 3.21. The van der Waals surface area contributed by atoms with Gasteiger partial charge in [0.15, 0.2) is 0 Å². The normalized spacial score (nSPS) is 14.4. The van der Waals surface area contributed by atoms with Crippen LogP contribution in [0.1, 0.15) is 42.5 Å². The molecule has 6 heteroatoms. The minimum absolute atomic E-state index is 0.0511. The van der Waals surface area contributed by atoms with Crippen molar-refractivity contribution < 1.29 is 9.59 Å². The summed E-state index contributed by atoms with van der Waals surface area (Å²) >= 11 is 3.36. The monoisotopic (exact) mass is 429 g/mol. The van der Waals surface area contributed by atoms with E-state index in [1.807, 2.05) is 36.4 Å². The van der Waals surface area contributed by atoms with E-state index in [1.165, 1.54) is 19.3 Å². The van der Waals surface area contributed by atoms with E-state index in [2.05, 4.69) is 31.9 Å². The molecule has 0 saturated heterocycles. The van der Waals surface area contributed by atoms with Gasteiger partial charge in [-0.25, -0.2) is 0 Å². The fraction of sp³-hybridized carbons (Fsp3) is 0.333. The van der Waals surface area contributed by atoms with Crippen molar-refractivity contribution in [3.05, 3.63) is 58.6 Å². The van der Waals surface area contributed by atoms with Crippen LogP contribution < -0.4 is 16.0 Å². The molecule has 3 N–H and O–H groups in total. The molecule has 0 aliphatic heterocycles. The van der Waals surface area contributed by atoms with Crippen molar-refractivity contribution in [1.29, 1.82) is 0 Å². The Labute approximate surface area is 168 Å². The second-order valence-corrected chi connectivity index (χ2v) is 7.71. The minimum Gasteiger partial charge on any atom is -0.376 e. The summed E-state index contributed by atoms with van der Waals surface area (Å²) in [6.45, 7) is 0.129. The lowest BCUT2D eigenvalue weighted by molar-refractivity contribution is -0.114. The summed E-state index contributed by atoms with van der Waals surface area (Å²) in [7, 11) is 0. The maximum atomic E-state index is 12.4. The molecule has 0 aromatic heterocycles. The van der Waals surface area contributed by atoms with Gasteiger partial charge in [0.1, 0.15) is 0 Å². The van der Waals surface area contributed by atoms with Crippen LogP contribution in [0.5, 0.6) is 0 Å². The average molecular weight is 430 g/mol. The molecule has 0 radical (unpaired) electrons. The predicted octanol–water partition coefficient (Wildman–Crippen LogP) is 4.56. The van der Waals surface area contributed by atoms with E-state index in [4.69, 9.17) is 0 Å². The van der Waals surface area contributed by atoms with Gasteiger partial charge in [-0.2, -0.15) is 0 Å². The number of hydrogen-bond donors (Lipinski definition) is 3. The third-order valence-electron chi connectivity index (χ3n) is 4.65. The molecule has 0 atom stereocenters. The third-order valence-corrected chi connectivity index (χ3v) is 5.17. The second-order valence-electron chi connectivity index (χ2n) is 6.80. The minimum atomic E-state index is -0.144. The molecule has 0 spiro atoms. The molecule has 1 aliphatic carbocycles. The van der Waals surface area contributed by atoms with Crippen molar-refractivity contribution in [3.63, 3.8) is 0 Å². The molecule has 27 heavy (non-hydrogen) atoms. The average Bonchev–Trinajstić information content (AvgIpc) is 2.69. The molecule has 2 aromatic carbocycles. The summed E-state index contributed by atoms with van der Waals surface area (Å²) in [5, 5.41) is 9.02. The van der Waals surface area contributed by atoms with Gasteiger partial charge in [0.25, 0.3) is 5.91 Å². The van der Waals surface area contributed by atoms with E-state index in [1.54, 1.807) is 12.1 Å². The second kappa shape index (κ2) is 9.55. The van der Waals surface area contributed by atoms with Gasteiger partial charge < -0.3 is 16.0 Å². The SMILES string of the molecule is O=C(CNc1cccc(C(=O)NC2CCCCC2)c1)Nc1ccc(Br)cc1. The highest BCUT2D eigenvalue weighted by molar-refractivity contribution is 9.10. The standard InChI is InChI=1S/C21H24BrN3O2/c22-16-9-11-18(12-10-16)24-20(26)14-23-19-8-4-5-15(13-19)21(27)25-17-6-2-1-3-7-17/h4-5,8-13,17,23H,1-3,6-7,14H2,(H,24,26)(H,25,27). The van der Waals surface area contributed by atoms with Crippen LogP contribution in [0.4, 0.5) is 11.4 Å². The van der Waals surface area contributed by atoms with E-state index in [0.29, 0.717) is 5.56 Å². The molecule has 1 aliphatic rings. The maximum Gasteiger partial charge on any atom is 0.251 e. The first-order valence-electron chi connectivity index (χ1n) is 9.30. The van der Waals surface area contributed by atoms with Crippen LogP contribution in [0.25, 0.3) is 0 Å². The number of hydrogen-bond acceptors (Lipinski definition) is 3. The van der Waals surface area contributed by atoms with Gasteiger partial charge >= 0.3 is 0 Å². The summed E-state index contributed by atoms with van der Waals surface area (Å²) in [6.07, 6.45) is 5.73. The molecule has 0 heterocycles. The summed E-state index contributed by atoms with van der Waals surface area (Å²) < 4.78 is 0.960. The molecule has 5 nitrogen and oxygen atoms in total. The number of carbonyl (C=O) groups excluding carboxylic acids is 2. The Morgan fingerprint density at radius 1 is 0.963 bits per heavy atom. The predicted molar refractivity (Wildman–Crippen MR) is 112 cm³/mol. The zero-order valence-electron chi connectivity index (χ0n) is 15.1. The molecular formula is C21H24BrN3O2. The van der Waals surface area contributed by atoms with Gasteiger partial charge in [-0.15, -0.1) is 0 Å². The number of carbonyl (C=O) groups is 2. The Morgan fingerprint density at radius 2 is 1.70 bits per heavy atom. The van der Waals surface area contributed by atoms with Gasteiger partial charge in [0, 0.05) is 27.5 Å². The number of rotatable bonds is 6. The van der Waals surface area contributed by atoms with Crippen molar-refractivity contribution in [2.45, 2.75) is 38.1 Å². The van der Waals surface area contributed by atoms with E-state index < -0.39 is 0 Å². The van der Waals surface area contributed by atoms with Gasteiger partial charge in [-0.1, -0.05) is 41.3 Å². The van der Waals surface area contributed by atoms with Crippen molar-refractivity contribution in [2.24, 2.45) is 0 Å². The van der Waals surface area contributed by atoms with Crippen LogP contribution in [-0.4, -0.2) is 24.4 Å². The smallest absolute Gasteiger partial charge is 0.251 e. The summed E-state index contributed by atoms with van der Waals surface area (Å²) in [6, 6.07) is 14.9. The van der Waals surface area contributed by atoms with E-state index in [0.717, 1.165) is 28.7 Å². The highest BCUT2D eigenvalue weighted by atomic mass is 79.9. The summed E-state index contributed by atoms with van der Waals surface area (Å²) in [4.78, 5) is 24.5. The quantitative estimate of drug-likeness (QED) is 0.629. The van der Waals surface area contributed by atoms with Crippen molar-refractivity contribution in [1.82, 2.24) is 5.32 Å². The largest absolute Gasteiger partial charge is 0.376 e. The molecule has 0 bridgehead atoms. The zero-order valence-corrected chi connectivity index (χ0v) is 16.7.